The molecule has 3 atom stereocenters. The predicted molar refractivity (Wildman–Crippen MR) is 97.7 cm³/mol. The van der Waals surface area contributed by atoms with Crippen molar-refractivity contribution in [2.75, 3.05) is 11.4 Å². The monoisotopic (exact) mass is 356 g/mol. The average molecular weight is 356 g/mol. The van der Waals surface area contributed by atoms with Gasteiger partial charge in [-0.2, -0.15) is 5.10 Å². The van der Waals surface area contributed by atoms with Crippen LogP contribution in [-0.2, 0) is 9.59 Å². The fourth-order valence-corrected chi connectivity index (χ4v) is 3.53. The summed E-state index contributed by atoms with van der Waals surface area (Å²) in [5.41, 5.74) is 5.82. The number of anilines is 1. The van der Waals surface area contributed by atoms with Gasteiger partial charge in [-0.25, -0.2) is 0 Å². The maximum atomic E-state index is 12.5. The molecule has 7 heteroatoms. The molecule has 1 aromatic rings. The summed E-state index contributed by atoms with van der Waals surface area (Å²) in [7, 11) is 0. The van der Waals surface area contributed by atoms with E-state index in [1.165, 1.54) is 18.6 Å². The molecule has 2 aliphatic heterocycles. The number of hydrogen-bond acceptors (Lipinski definition) is 5. The molecule has 2 fully saturated rings. The van der Waals surface area contributed by atoms with E-state index in [9.17, 15) is 14.7 Å². The molecule has 0 aromatic heterocycles. The highest BCUT2D eigenvalue weighted by Crippen LogP contribution is 2.33. The molecule has 3 aliphatic rings. The third kappa shape index (κ3) is 3.31. The fourth-order valence-electron chi connectivity index (χ4n) is 3.53. The lowest BCUT2D eigenvalue weighted by Gasteiger charge is -2.19. The summed E-state index contributed by atoms with van der Waals surface area (Å²) in [6.45, 7) is 2.39. The van der Waals surface area contributed by atoms with Crippen molar-refractivity contribution in [3.8, 4) is 0 Å². The number of nitrogens with one attached hydrogen (secondary N) is 2. The first-order chi connectivity index (χ1) is 12.5. The van der Waals surface area contributed by atoms with E-state index in [0.717, 1.165) is 17.7 Å². The molecule has 3 N–H and O–H groups in total. The first kappa shape index (κ1) is 17.0. The van der Waals surface area contributed by atoms with Crippen LogP contribution in [0, 0.1) is 5.92 Å². The lowest BCUT2D eigenvalue weighted by atomic mass is 9.99. The number of hydrazone groups is 1. The number of carbonyl (C=O) groups is 2. The van der Waals surface area contributed by atoms with Gasteiger partial charge in [0.2, 0.25) is 5.91 Å². The smallest absolute Gasteiger partial charge is 0.255 e. The van der Waals surface area contributed by atoms with E-state index in [1.807, 2.05) is 31.2 Å². The van der Waals surface area contributed by atoms with Crippen LogP contribution >= 0.6 is 0 Å². The molecule has 138 valence electrons. The van der Waals surface area contributed by atoms with Crippen LogP contribution < -0.4 is 15.6 Å². The third-order valence-electron chi connectivity index (χ3n) is 5.42. The van der Waals surface area contributed by atoms with Gasteiger partial charge < -0.3 is 15.3 Å². The Labute approximate surface area is 152 Å². The highest BCUT2D eigenvalue weighted by Gasteiger charge is 2.33. The van der Waals surface area contributed by atoms with E-state index < -0.39 is 6.10 Å². The minimum atomic E-state index is -0.902. The highest BCUT2D eigenvalue weighted by molar-refractivity contribution is 5.98. The summed E-state index contributed by atoms with van der Waals surface area (Å²) < 4.78 is 0. The van der Waals surface area contributed by atoms with Gasteiger partial charge in [0.15, 0.2) is 0 Å². The molecule has 7 nitrogen and oxygen atoms in total. The molecule has 0 bridgehead atoms. The number of aliphatic hydroxyl groups is 1. The van der Waals surface area contributed by atoms with Crippen molar-refractivity contribution in [2.24, 2.45) is 11.0 Å². The van der Waals surface area contributed by atoms with Gasteiger partial charge in [0, 0.05) is 30.8 Å². The van der Waals surface area contributed by atoms with Gasteiger partial charge in [-0.15, -0.1) is 0 Å². The Bertz CT molecular complexity index is 742. The number of benzene rings is 1. The zero-order valence-corrected chi connectivity index (χ0v) is 14.8. The van der Waals surface area contributed by atoms with Crippen molar-refractivity contribution >= 4 is 23.2 Å². The Kier molecular flexibility index (Phi) is 4.40. The quantitative estimate of drug-likeness (QED) is 0.736. The van der Waals surface area contributed by atoms with E-state index >= 15 is 0 Å². The van der Waals surface area contributed by atoms with E-state index in [-0.39, 0.29) is 23.9 Å². The molecule has 4 rings (SSSR count). The topological polar surface area (TPSA) is 94.0 Å². The summed E-state index contributed by atoms with van der Waals surface area (Å²) in [5, 5.41) is 16.9. The van der Waals surface area contributed by atoms with Crippen LogP contribution in [-0.4, -0.2) is 41.4 Å². The maximum absolute atomic E-state index is 12.5. The molecule has 0 spiro atoms. The average Bonchev–Trinajstić information content (AvgIpc) is 3.31. The molecular weight excluding hydrogens is 332 g/mol. The van der Waals surface area contributed by atoms with Crippen LogP contribution in [0.5, 0.6) is 0 Å². The molecule has 2 heterocycles. The van der Waals surface area contributed by atoms with Crippen LogP contribution in [0.4, 0.5) is 5.69 Å². The number of nitrogens with zero attached hydrogens (tertiary/aromatic N) is 2. The van der Waals surface area contributed by atoms with Gasteiger partial charge in [-0.1, -0.05) is 12.1 Å². The SMILES string of the molecule is C[C@H](C(=O)NC1CC(C2CC2)=NN1)c1ccc(N2CC[C@H](O)C2=O)cc1. The lowest BCUT2D eigenvalue weighted by Crippen LogP contribution is -2.42. The second kappa shape index (κ2) is 6.72. The van der Waals surface area contributed by atoms with Gasteiger partial charge in [0.1, 0.15) is 12.3 Å². The molecule has 1 saturated heterocycles. The Hall–Kier alpha value is -2.41. The molecule has 1 aromatic carbocycles. The highest BCUT2D eigenvalue weighted by atomic mass is 16.3. The van der Waals surface area contributed by atoms with Crippen LogP contribution in [0.3, 0.4) is 0 Å². The van der Waals surface area contributed by atoms with Gasteiger partial charge >= 0.3 is 0 Å². The van der Waals surface area contributed by atoms with Gasteiger partial charge in [-0.3, -0.25) is 15.0 Å². The predicted octanol–water partition coefficient (Wildman–Crippen LogP) is 1.09. The first-order valence-electron chi connectivity index (χ1n) is 9.24. The lowest BCUT2D eigenvalue weighted by molar-refractivity contribution is -0.124. The second-order valence-corrected chi connectivity index (χ2v) is 7.38. The molecular formula is C19H24N4O3. The maximum Gasteiger partial charge on any atom is 0.255 e. The van der Waals surface area contributed by atoms with Crippen molar-refractivity contribution in [3.05, 3.63) is 29.8 Å². The summed E-state index contributed by atoms with van der Waals surface area (Å²) in [4.78, 5) is 26.0. The molecule has 2 amide bonds. The van der Waals surface area contributed by atoms with Crippen molar-refractivity contribution in [2.45, 2.75) is 50.8 Å². The van der Waals surface area contributed by atoms with Gasteiger partial charge in [-0.05, 0) is 43.4 Å². The number of hydrogen-bond donors (Lipinski definition) is 3. The zero-order chi connectivity index (χ0) is 18.3. The largest absolute Gasteiger partial charge is 0.383 e. The van der Waals surface area contributed by atoms with E-state index in [1.54, 1.807) is 4.90 Å². The van der Waals surface area contributed by atoms with E-state index in [2.05, 4.69) is 15.8 Å². The molecule has 1 unspecified atom stereocenters. The molecule has 26 heavy (non-hydrogen) atoms. The van der Waals surface area contributed by atoms with E-state index in [4.69, 9.17) is 0 Å². The van der Waals surface area contributed by atoms with Crippen LogP contribution in [0.15, 0.2) is 29.4 Å². The van der Waals surface area contributed by atoms with E-state index in [0.29, 0.717) is 18.9 Å². The number of amides is 2. The normalized spacial score (nSPS) is 26.5. The molecule has 1 aliphatic carbocycles. The summed E-state index contributed by atoms with van der Waals surface area (Å²) in [6, 6.07) is 7.39. The number of aliphatic hydroxyl groups excluding tert-OH is 1. The zero-order valence-electron chi connectivity index (χ0n) is 14.8. The van der Waals surface area contributed by atoms with Gasteiger partial charge in [0.25, 0.3) is 5.91 Å². The van der Waals surface area contributed by atoms with Crippen molar-refractivity contribution in [1.82, 2.24) is 10.7 Å². The fraction of sp³-hybridized carbons (Fsp3) is 0.526. The Morgan fingerprint density at radius 2 is 2.04 bits per heavy atom. The summed E-state index contributed by atoms with van der Waals surface area (Å²) >= 11 is 0. The Balaban J connectivity index is 1.34. The number of carbonyl (C=O) groups excluding carboxylic acids is 2. The van der Waals surface area contributed by atoms with Crippen molar-refractivity contribution < 1.29 is 14.7 Å². The van der Waals surface area contributed by atoms with Crippen molar-refractivity contribution in [3.63, 3.8) is 0 Å². The molecule has 0 radical (unpaired) electrons. The van der Waals surface area contributed by atoms with Crippen LogP contribution in [0.25, 0.3) is 0 Å². The first-order valence-corrected chi connectivity index (χ1v) is 9.24. The van der Waals surface area contributed by atoms with Gasteiger partial charge in [0.05, 0.1) is 5.92 Å². The van der Waals surface area contributed by atoms with Crippen LogP contribution in [0.2, 0.25) is 0 Å². The summed E-state index contributed by atoms with van der Waals surface area (Å²) in [6.07, 6.45) is 2.63. The minimum absolute atomic E-state index is 0.0461. The van der Waals surface area contributed by atoms with Crippen LogP contribution in [0.1, 0.15) is 44.1 Å². The van der Waals surface area contributed by atoms with Crippen molar-refractivity contribution in [1.29, 1.82) is 0 Å². The summed E-state index contributed by atoms with van der Waals surface area (Å²) in [5.74, 6) is 0.00867. The molecule has 1 saturated carbocycles. The Morgan fingerprint density at radius 3 is 2.65 bits per heavy atom. The third-order valence-corrected chi connectivity index (χ3v) is 5.42. The minimum Gasteiger partial charge on any atom is -0.383 e. The Morgan fingerprint density at radius 1 is 1.31 bits per heavy atom. The standard InChI is InChI=1S/C19H24N4O3/c1-11(18(25)20-17-10-15(21-22-17)13-2-3-13)12-4-6-14(7-5-12)23-9-8-16(24)19(23)26/h4-7,11,13,16-17,22,24H,2-3,8-10H2,1H3,(H,20,25)/t11-,16-,17?/m0/s1. The second-order valence-electron chi connectivity index (χ2n) is 7.38. The number of rotatable bonds is 5.